The molecule has 5 nitrogen and oxygen atoms in total. The fourth-order valence-corrected chi connectivity index (χ4v) is 1.38. The van der Waals surface area contributed by atoms with E-state index in [1.807, 2.05) is 0 Å². The number of hydrogen-bond acceptors (Lipinski definition) is 4. The van der Waals surface area contributed by atoms with Crippen molar-refractivity contribution in [1.29, 1.82) is 0 Å². The summed E-state index contributed by atoms with van der Waals surface area (Å²) in [6.45, 7) is 0. The first-order chi connectivity index (χ1) is 7.47. The van der Waals surface area contributed by atoms with Crippen LogP contribution in [0.1, 0.15) is 22.0 Å². The van der Waals surface area contributed by atoms with Crippen LogP contribution in [-0.2, 0) is 0 Å². The van der Waals surface area contributed by atoms with Gasteiger partial charge in [-0.15, -0.1) is 11.6 Å². The maximum absolute atomic E-state index is 10.7. The summed E-state index contributed by atoms with van der Waals surface area (Å²) in [4.78, 5) is 10.7. The third kappa shape index (κ3) is 2.63. The normalized spacial score (nSPS) is 14.4. The molecule has 2 atom stereocenters. The molecule has 0 spiro atoms. The summed E-state index contributed by atoms with van der Waals surface area (Å²) in [5, 5.41) is 36.8. The first-order valence-electron chi connectivity index (χ1n) is 4.45. The lowest BCUT2D eigenvalue weighted by Gasteiger charge is -2.16. The van der Waals surface area contributed by atoms with Gasteiger partial charge in [0.1, 0.15) is 17.4 Å². The van der Waals surface area contributed by atoms with Gasteiger partial charge in [-0.3, -0.25) is 0 Å². The van der Waals surface area contributed by atoms with Crippen molar-refractivity contribution in [3.05, 3.63) is 29.3 Å². The summed E-state index contributed by atoms with van der Waals surface area (Å²) in [7, 11) is 0. The fourth-order valence-electron chi connectivity index (χ4n) is 1.22. The van der Waals surface area contributed by atoms with E-state index in [1.165, 1.54) is 6.07 Å². The lowest BCUT2D eigenvalue weighted by Crippen LogP contribution is -2.20. The highest BCUT2D eigenvalue weighted by molar-refractivity contribution is 6.18. The molecule has 6 heteroatoms. The number of aromatic carboxylic acids is 1. The maximum atomic E-state index is 10.7. The fraction of sp³-hybridized carbons (Fsp3) is 0.300. The molecule has 0 aromatic heterocycles. The van der Waals surface area contributed by atoms with Crippen LogP contribution < -0.4 is 0 Å². The van der Waals surface area contributed by atoms with Crippen LogP contribution in [0.4, 0.5) is 0 Å². The minimum Gasteiger partial charge on any atom is -0.507 e. The van der Waals surface area contributed by atoms with E-state index in [2.05, 4.69) is 0 Å². The van der Waals surface area contributed by atoms with Gasteiger partial charge in [-0.1, -0.05) is 6.07 Å². The summed E-state index contributed by atoms with van der Waals surface area (Å²) in [5.41, 5.74) is -0.151. The number of carbonyl (C=O) groups is 1. The molecule has 1 aromatic rings. The second-order valence-electron chi connectivity index (χ2n) is 3.25. The van der Waals surface area contributed by atoms with Gasteiger partial charge >= 0.3 is 5.97 Å². The Labute approximate surface area is 96.5 Å². The molecular formula is C10H11ClO5. The molecule has 0 aliphatic carbocycles. The SMILES string of the molecule is O=C(O)c1cc(C(O)C(O)CCl)ccc1O. The highest BCUT2D eigenvalue weighted by Gasteiger charge is 2.20. The van der Waals surface area contributed by atoms with Crippen molar-refractivity contribution in [2.24, 2.45) is 0 Å². The molecule has 0 bridgehead atoms. The molecule has 0 heterocycles. The molecule has 1 rings (SSSR count). The van der Waals surface area contributed by atoms with E-state index < -0.39 is 23.9 Å². The first-order valence-corrected chi connectivity index (χ1v) is 4.99. The molecule has 0 aliphatic heterocycles. The Balaban J connectivity index is 3.07. The van der Waals surface area contributed by atoms with Gasteiger partial charge < -0.3 is 20.4 Å². The smallest absolute Gasteiger partial charge is 0.339 e. The zero-order valence-electron chi connectivity index (χ0n) is 8.17. The van der Waals surface area contributed by atoms with Gasteiger partial charge in [0.15, 0.2) is 0 Å². The van der Waals surface area contributed by atoms with Gasteiger partial charge in [0.25, 0.3) is 0 Å². The van der Waals surface area contributed by atoms with Gasteiger partial charge in [-0.05, 0) is 17.7 Å². The molecule has 88 valence electrons. The highest BCUT2D eigenvalue weighted by Crippen LogP contribution is 2.24. The van der Waals surface area contributed by atoms with E-state index in [9.17, 15) is 20.1 Å². The summed E-state index contributed by atoms with van der Waals surface area (Å²) in [5.74, 6) is -1.89. The molecule has 0 aliphatic rings. The highest BCUT2D eigenvalue weighted by atomic mass is 35.5. The number of hydrogen-bond donors (Lipinski definition) is 4. The van der Waals surface area contributed by atoms with Gasteiger partial charge in [-0.2, -0.15) is 0 Å². The average molecular weight is 247 g/mol. The molecular weight excluding hydrogens is 236 g/mol. The van der Waals surface area contributed by atoms with Crippen LogP contribution in [0, 0.1) is 0 Å². The summed E-state index contributed by atoms with van der Waals surface area (Å²) in [6, 6.07) is 3.56. The van der Waals surface area contributed by atoms with Crippen molar-refractivity contribution in [3.8, 4) is 5.75 Å². The van der Waals surface area contributed by atoms with Gasteiger partial charge in [-0.25, -0.2) is 4.79 Å². The second kappa shape index (κ2) is 5.16. The van der Waals surface area contributed by atoms with E-state index in [0.717, 1.165) is 12.1 Å². The van der Waals surface area contributed by atoms with Crippen LogP contribution in [0.2, 0.25) is 0 Å². The van der Waals surface area contributed by atoms with Crippen molar-refractivity contribution >= 4 is 17.6 Å². The van der Waals surface area contributed by atoms with Crippen LogP contribution in [0.15, 0.2) is 18.2 Å². The Hall–Kier alpha value is -1.30. The monoisotopic (exact) mass is 246 g/mol. The lowest BCUT2D eigenvalue weighted by atomic mass is 10.0. The van der Waals surface area contributed by atoms with Gasteiger partial charge in [0.2, 0.25) is 0 Å². The minimum absolute atomic E-state index is 0.176. The third-order valence-electron chi connectivity index (χ3n) is 2.12. The number of rotatable bonds is 4. The van der Waals surface area contributed by atoms with Crippen LogP contribution in [0.5, 0.6) is 5.75 Å². The van der Waals surface area contributed by atoms with E-state index in [1.54, 1.807) is 0 Å². The zero-order valence-corrected chi connectivity index (χ0v) is 8.92. The summed E-state index contributed by atoms with van der Waals surface area (Å²) >= 11 is 5.35. The second-order valence-corrected chi connectivity index (χ2v) is 3.56. The van der Waals surface area contributed by atoms with Crippen molar-refractivity contribution < 1.29 is 25.2 Å². The Bertz CT molecular complexity index is 393. The van der Waals surface area contributed by atoms with E-state index in [-0.39, 0.29) is 17.0 Å². The van der Waals surface area contributed by atoms with Gasteiger partial charge in [0, 0.05) is 0 Å². The molecule has 0 saturated carbocycles. The van der Waals surface area contributed by atoms with Crippen LogP contribution in [0.25, 0.3) is 0 Å². The van der Waals surface area contributed by atoms with E-state index in [0.29, 0.717) is 0 Å². The molecule has 4 N–H and O–H groups in total. The van der Waals surface area contributed by atoms with Gasteiger partial charge in [0.05, 0.1) is 12.0 Å². The Morgan fingerprint density at radius 1 is 1.38 bits per heavy atom. The average Bonchev–Trinajstić information content (AvgIpc) is 2.27. The Morgan fingerprint density at radius 2 is 2.00 bits per heavy atom. The van der Waals surface area contributed by atoms with Crippen molar-refractivity contribution in [3.63, 3.8) is 0 Å². The third-order valence-corrected chi connectivity index (χ3v) is 2.43. The zero-order chi connectivity index (χ0) is 12.3. The van der Waals surface area contributed by atoms with E-state index in [4.69, 9.17) is 16.7 Å². The summed E-state index contributed by atoms with van der Waals surface area (Å²) in [6.07, 6.45) is -2.47. The standard InChI is InChI=1S/C10H11ClO5/c11-4-8(13)9(14)5-1-2-7(12)6(3-5)10(15)16/h1-3,8-9,12-14H,4H2,(H,15,16). The number of aromatic hydroxyl groups is 1. The largest absolute Gasteiger partial charge is 0.507 e. The van der Waals surface area contributed by atoms with Crippen LogP contribution in [0.3, 0.4) is 0 Å². The maximum Gasteiger partial charge on any atom is 0.339 e. The van der Waals surface area contributed by atoms with Crippen LogP contribution >= 0.6 is 11.6 Å². The van der Waals surface area contributed by atoms with Crippen molar-refractivity contribution in [2.75, 3.05) is 5.88 Å². The number of carboxylic acid groups (broad SMARTS) is 1. The summed E-state index contributed by atoms with van der Waals surface area (Å²) < 4.78 is 0. The molecule has 0 saturated heterocycles. The Morgan fingerprint density at radius 3 is 2.50 bits per heavy atom. The predicted molar refractivity (Wildman–Crippen MR) is 56.8 cm³/mol. The number of alkyl halides is 1. The lowest BCUT2D eigenvalue weighted by molar-refractivity contribution is 0.0325. The topological polar surface area (TPSA) is 98.0 Å². The number of halogens is 1. The molecule has 0 radical (unpaired) electrons. The molecule has 0 amide bonds. The first kappa shape index (κ1) is 12.8. The van der Waals surface area contributed by atoms with Crippen molar-refractivity contribution in [1.82, 2.24) is 0 Å². The van der Waals surface area contributed by atoms with Crippen molar-refractivity contribution in [2.45, 2.75) is 12.2 Å². The number of aliphatic hydroxyl groups is 2. The number of aliphatic hydroxyl groups excluding tert-OH is 2. The number of phenols is 1. The Kier molecular flexibility index (Phi) is 4.12. The van der Waals surface area contributed by atoms with Crippen LogP contribution in [-0.4, -0.2) is 38.4 Å². The predicted octanol–water partition coefficient (Wildman–Crippen LogP) is 0.723. The molecule has 16 heavy (non-hydrogen) atoms. The molecule has 1 aromatic carbocycles. The minimum atomic E-state index is -1.31. The number of carboxylic acids is 1. The number of benzene rings is 1. The molecule has 2 unspecified atom stereocenters. The van der Waals surface area contributed by atoms with E-state index >= 15 is 0 Å². The quantitative estimate of drug-likeness (QED) is 0.587. The molecule has 0 fully saturated rings.